The second-order valence-electron chi connectivity index (χ2n) is 13.1. The van der Waals surface area contributed by atoms with E-state index in [0.717, 1.165) is 77.2 Å². The molecule has 5 heteroatoms. The topological polar surface area (TPSA) is 48.8 Å². The van der Waals surface area contributed by atoms with Gasteiger partial charge < -0.3 is 8.98 Å². The highest BCUT2D eigenvalue weighted by Gasteiger charge is 2.22. The third-order valence-electron chi connectivity index (χ3n) is 10.2. The van der Waals surface area contributed by atoms with Crippen molar-refractivity contribution in [3.63, 3.8) is 0 Å². The molecule has 0 N–H and O–H groups in total. The lowest BCUT2D eigenvalue weighted by atomic mass is 10.0. The first-order valence-electron chi connectivity index (χ1n) is 17.2. The lowest BCUT2D eigenvalue weighted by molar-refractivity contribution is 0.669. The first-order chi connectivity index (χ1) is 25.3. The van der Waals surface area contributed by atoms with Gasteiger partial charge in [-0.3, -0.25) is 4.57 Å². The molecule has 5 nitrogen and oxygen atoms in total. The number of nitrogens with zero attached hydrogens (tertiary/aromatic N) is 4. The highest BCUT2D eigenvalue weighted by Crippen LogP contribution is 2.42. The third kappa shape index (κ3) is 4.15. The smallest absolute Gasteiger partial charge is 0.234 e. The zero-order valence-electron chi connectivity index (χ0n) is 27.4. The van der Waals surface area contributed by atoms with Crippen LogP contribution >= 0.6 is 0 Å². The molecule has 11 rings (SSSR count). The van der Waals surface area contributed by atoms with Crippen LogP contribution in [0.2, 0.25) is 0 Å². The van der Waals surface area contributed by atoms with Crippen molar-refractivity contribution in [2.75, 3.05) is 0 Å². The minimum absolute atomic E-state index is 0.629. The molecule has 0 radical (unpaired) electrons. The highest BCUT2D eigenvalue weighted by molar-refractivity contribution is 6.20. The Morgan fingerprint density at radius 3 is 1.76 bits per heavy atom. The van der Waals surface area contributed by atoms with E-state index in [1.807, 2.05) is 42.7 Å². The van der Waals surface area contributed by atoms with Crippen molar-refractivity contribution in [3.05, 3.63) is 170 Å². The van der Waals surface area contributed by atoms with Gasteiger partial charge in [-0.2, -0.15) is 0 Å². The van der Waals surface area contributed by atoms with Crippen molar-refractivity contribution in [2.24, 2.45) is 0 Å². The van der Waals surface area contributed by atoms with Crippen molar-refractivity contribution in [1.82, 2.24) is 19.1 Å². The Balaban J connectivity index is 1.25. The van der Waals surface area contributed by atoms with E-state index in [1.54, 1.807) is 0 Å². The molecule has 7 aromatic carbocycles. The van der Waals surface area contributed by atoms with Crippen LogP contribution in [-0.4, -0.2) is 19.1 Å². The third-order valence-corrected chi connectivity index (χ3v) is 10.2. The number of fused-ring (bicyclic) bond motifs is 9. The van der Waals surface area contributed by atoms with Crippen LogP contribution in [0.1, 0.15) is 0 Å². The number of aromatic nitrogens is 4. The molecule has 0 aliphatic rings. The summed E-state index contributed by atoms with van der Waals surface area (Å²) >= 11 is 0. The molecule has 0 saturated heterocycles. The van der Waals surface area contributed by atoms with Gasteiger partial charge in [-0.1, -0.05) is 115 Å². The Bertz CT molecular complexity index is 3120. The van der Waals surface area contributed by atoms with Crippen LogP contribution in [0.25, 0.3) is 99.4 Å². The summed E-state index contributed by atoms with van der Waals surface area (Å²) in [5.74, 6) is 0.629. The molecule has 0 aliphatic carbocycles. The Kier molecular flexibility index (Phi) is 5.89. The number of furan rings is 1. The Morgan fingerprint density at radius 1 is 0.373 bits per heavy atom. The average molecular weight is 653 g/mol. The van der Waals surface area contributed by atoms with Crippen LogP contribution in [0.4, 0.5) is 0 Å². The van der Waals surface area contributed by atoms with Crippen molar-refractivity contribution in [3.8, 4) is 33.9 Å². The van der Waals surface area contributed by atoms with Crippen LogP contribution in [0, 0.1) is 0 Å². The van der Waals surface area contributed by atoms with E-state index in [-0.39, 0.29) is 0 Å². The van der Waals surface area contributed by atoms with E-state index < -0.39 is 0 Å². The fourth-order valence-corrected chi connectivity index (χ4v) is 7.92. The fraction of sp³-hybridized carbons (Fsp3) is 0. The van der Waals surface area contributed by atoms with Crippen molar-refractivity contribution in [1.29, 1.82) is 0 Å². The zero-order chi connectivity index (χ0) is 33.5. The average Bonchev–Trinajstić information content (AvgIpc) is 3.85. The molecule has 0 amide bonds. The summed E-state index contributed by atoms with van der Waals surface area (Å²) in [6, 6.07) is 55.6. The molecule has 0 spiro atoms. The maximum absolute atomic E-state index is 6.36. The standard InChI is InChI=1S/C46H28N4O/c1-3-12-29(13-4-1)31-22-23-34-37-25-36-33-16-7-9-18-38(33)49(39-19-11-21-44-45(39)35-17-8-10-20-43(35)51-44)41(36)26-42(37)50(40(34)24-31)46-47-27-32(28-48-46)30-14-5-2-6-15-30/h1-28H. The number of rotatable bonds is 4. The fourth-order valence-electron chi connectivity index (χ4n) is 7.92. The van der Waals surface area contributed by atoms with Gasteiger partial charge in [0.1, 0.15) is 11.2 Å². The van der Waals surface area contributed by atoms with E-state index >= 15 is 0 Å². The summed E-state index contributed by atoms with van der Waals surface area (Å²) < 4.78 is 11.0. The van der Waals surface area contributed by atoms with E-state index in [4.69, 9.17) is 14.4 Å². The molecule has 0 fully saturated rings. The summed E-state index contributed by atoms with van der Waals surface area (Å²) in [5.41, 5.74) is 11.6. The maximum atomic E-state index is 6.36. The quantitative estimate of drug-likeness (QED) is 0.190. The number of para-hydroxylation sites is 2. The largest absolute Gasteiger partial charge is 0.456 e. The van der Waals surface area contributed by atoms with Crippen molar-refractivity contribution < 1.29 is 4.42 Å². The molecule has 11 aromatic rings. The van der Waals surface area contributed by atoms with Gasteiger partial charge in [-0.05, 0) is 59.2 Å². The summed E-state index contributed by atoms with van der Waals surface area (Å²) in [5, 5.41) is 6.90. The minimum Gasteiger partial charge on any atom is -0.456 e. The molecule has 4 heterocycles. The molecule has 0 aliphatic heterocycles. The van der Waals surface area contributed by atoms with Gasteiger partial charge in [-0.25, -0.2) is 9.97 Å². The van der Waals surface area contributed by atoms with Gasteiger partial charge >= 0.3 is 0 Å². The Hall–Kier alpha value is -6.98. The van der Waals surface area contributed by atoms with E-state index in [0.29, 0.717) is 5.95 Å². The monoisotopic (exact) mass is 652 g/mol. The molecule has 0 bridgehead atoms. The second kappa shape index (κ2) is 10.8. The van der Waals surface area contributed by atoms with Crippen LogP contribution in [0.15, 0.2) is 175 Å². The second-order valence-corrected chi connectivity index (χ2v) is 13.1. The van der Waals surface area contributed by atoms with Gasteiger partial charge in [-0.15, -0.1) is 0 Å². The molecule has 0 unspecified atom stereocenters. The molecule has 4 aromatic heterocycles. The predicted molar refractivity (Wildman–Crippen MR) is 209 cm³/mol. The van der Waals surface area contributed by atoms with Gasteiger partial charge in [0.15, 0.2) is 0 Å². The summed E-state index contributed by atoms with van der Waals surface area (Å²) in [7, 11) is 0. The van der Waals surface area contributed by atoms with Gasteiger partial charge in [0, 0.05) is 44.9 Å². The first-order valence-corrected chi connectivity index (χ1v) is 17.2. The van der Waals surface area contributed by atoms with Gasteiger partial charge in [0.2, 0.25) is 5.95 Å². The van der Waals surface area contributed by atoms with E-state index in [1.165, 1.54) is 16.3 Å². The van der Waals surface area contributed by atoms with Gasteiger partial charge in [0.05, 0.1) is 33.1 Å². The summed E-state index contributed by atoms with van der Waals surface area (Å²) in [6.07, 6.45) is 3.85. The maximum Gasteiger partial charge on any atom is 0.234 e. The van der Waals surface area contributed by atoms with Gasteiger partial charge in [0.25, 0.3) is 0 Å². The van der Waals surface area contributed by atoms with Crippen molar-refractivity contribution in [2.45, 2.75) is 0 Å². The zero-order valence-corrected chi connectivity index (χ0v) is 27.4. The SMILES string of the molecule is c1ccc(-c2cnc(-n3c4cc(-c5ccccc5)ccc4c4cc5c6ccccc6n(-c6cccc7oc8ccccc8c67)c5cc43)nc2)cc1. The van der Waals surface area contributed by atoms with E-state index in [9.17, 15) is 0 Å². The molecule has 0 saturated carbocycles. The molecule has 0 atom stereocenters. The Morgan fingerprint density at radius 2 is 0.980 bits per heavy atom. The van der Waals surface area contributed by atoms with Crippen LogP contribution in [-0.2, 0) is 0 Å². The molecular weight excluding hydrogens is 625 g/mol. The molecule has 51 heavy (non-hydrogen) atoms. The number of benzene rings is 7. The number of hydrogen-bond acceptors (Lipinski definition) is 3. The summed E-state index contributed by atoms with van der Waals surface area (Å²) in [4.78, 5) is 10.0. The van der Waals surface area contributed by atoms with E-state index in [2.05, 4.69) is 137 Å². The first kappa shape index (κ1) is 27.9. The lowest BCUT2D eigenvalue weighted by Crippen LogP contribution is -2.01. The minimum atomic E-state index is 0.629. The summed E-state index contributed by atoms with van der Waals surface area (Å²) in [6.45, 7) is 0. The lowest BCUT2D eigenvalue weighted by Gasteiger charge is -2.11. The van der Waals surface area contributed by atoms with Crippen LogP contribution in [0.3, 0.4) is 0 Å². The predicted octanol–water partition coefficient (Wildman–Crippen LogP) is 11.9. The normalized spacial score (nSPS) is 11.9. The highest BCUT2D eigenvalue weighted by atomic mass is 16.3. The van der Waals surface area contributed by atoms with Crippen LogP contribution < -0.4 is 0 Å². The number of hydrogen-bond donors (Lipinski definition) is 0. The van der Waals surface area contributed by atoms with Crippen LogP contribution in [0.5, 0.6) is 0 Å². The van der Waals surface area contributed by atoms with Crippen molar-refractivity contribution >= 4 is 65.6 Å². The molecular formula is C46H28N4O. The molecule has 238 valence electrons. The Labute approximate surface area is 292 Å².